The molecule has 0 heterocycles. The lowest BCUT2D eigenvalue weighted by Gasteiger charge is -2.43. The Hall–Kier alpha value is -0.530. The van der Waals surface area contributed by atoms with Crippen LogP contribution < -0.4 is 0 Å². The quantitative estimate of drug-likeness (QED) is 0.224. The van der Waals surface area contributed by atoms with Crippen molar-refractivity contribution >= 4 is 5.97 Å². The number of ether oxygens (including phenoxy) is 1. The van der Waals surface area contributed by atoms with Gasteiger partial charge in [-0.25, -0.2) is 0 Å². The highest BCUT2D eigenvalue weighted by atomic mass is 16.6. The Morgan fingerprint density at radius 1 is 0.815 bits per heavy atom. The second kappa shape index (κ2) is 12.8. The minimum absolute atomic E-state index is 0.0250. The second-order valence-corrected chi connectivity index (χ2v) is 9.61. The van der Waals surface area contributed by atoms with Crippen LogP contribution in [0.15, 0.2) is 0 Å². The fourth-order valence-electron chi connectivity index (χ4n) is 4.53. The third kappa shape index (κ3) is 8.16. The van der Waals surface area contributed by atoms with Gasteiger partial charge < -0.3 is 4.74 Å². The zero-order valence-corrected chi connectivity index (χ0v) is 19.2. The number of hydrogen-bond donors (Lipinski definition) is 0. The predicted octanol–water partition coefficient (Wildman–Crippen LogP) is 8.23. The molecule has 0 aromatic heterocycles. The van der Waals surface area contributed by atoms with Crippen LogP contribution in [0.2, 0.25) is 0 Å². The molecule has 1 unspecified atom stereocenters. The Morgan fingerprint density at radius 3 is 1.89 bits per heavy atom. The minimum Gasteiger partial charge on any atom is -0.458 e. The summed E-state index contributed by atoms with van der Waals surface area (Å²) in [4.78, 5) is 12.9. The summed E-state index contributed by atoms with van der Waals surface area (Å²) in [6.07, 6.45) is 20.0. The van der Waals surface area contributed by atoms with Gasteiger partial charge in [-0.3, -0.25) is 4.79 Å². The van der Waals surface area contributed by atoms with Gasteiger partial charge in [0.2, 0.25) is 0 Å². The molecule has 0 saturated heterocycles. The average Bonchev–Trinajstić information content (AvgIpc) is 2.69. The monoisotopic (exact) mass is 380 g/mol. The molecule has 0 bridgehead atoms. The third-order valence-electron chi connectivity index (χ3n) is 7.13. The van der Waals surface area contributed by atoms with E-state index in [1.165, 1.54) is 83.5 Å². The molecule has 0 aromatic carbocycles. The summed E-state index contributed by atoms with van der Waals surface area (Å²) in [5, 5.41) is 0. The molecule has 1 aliphatic rings. The van der Waals surface area contributed by atoms with Crippen LogP contribution in [0.25, 0.3) is 0 Å². The second-order valence-electron chi connectivity index (χ2n) is 9.61. The molecule has 0 amide bonds. The van der Waals surface area contributed by atoms with E-state index in [4.69, 9.17) is 4.74 Å². The van der Waals surface area contributed by atoms with Gasteiger partial charge in [-0.2, -0.15) is 0 Å². The van der Waals surface area contributed by atoms with Crippen molar-refractivity contribution < 1.29 is 9.53 Å². The first-order valence-electron chi connectivity index (χ1n) is 12.1. The largest absolute Gasteiger partial charge is 0.458 e. The number of carbonyl (C=O) groups is 1. The Balaban J connectivity index is 2.63. The summed E-state index contributed by atoms with van der Waals surface area (Å²) in [5.41, 5.74) is -0.583. The van der Waals surface area contributed by atoms with Gasteiger partial charge in [0.05, 0.1) is 5.41 Å². The van der Waals surface area contributed by atoms with Gasteiger partial charge >= 0.3 is 5.97 Å². The van der Waals surface area contributed by atoms with Gasteiger partial charge in [-0.15, -0.1) is 0 Å². The lowest BCUT2D eigenvalue weighted by Crippen LogP contribution is -2.46. The van der Waals surface area contributed by atoms with E-state index >= 15 is 0 Å². The predicted molar refractivity (Wildman–Crippen MR) is 117 cm³/mol. The smallest absolute Gasteiger partial charge is 0.312 e. The maximum atomic E-state index is 12.9. The van der Waals surface area contributed by atoms with Crippen LogP contribution in [0.3, 0.4) is 0 Å². The van der Waals surface area contributed by atoms with E-state index in [9.17, 15) is 4.79 Å². The minimum atomic E-state index is -0.367. The van der Waals surface area contributed by atoms with Crippen molar-refractivity contribution in [2.75, 3.05) is 0 Å². The van der Waals surface area contributed by atoms with Crippen molar-refractivity contribution in [2.45, 2.75) is 143 Å². The van der Waals surface area contributed by atoms with Gasteiger partial charge in [0.15, 0.2) is 0 Å². The molecular weight excluding hydrogens is 332 g/mol. The Bertz CT molecular complexity index is 395. The summed E-state index contributed by atoms with van der Waals surface area (Å²) in [6, 6.07) is 0. The average molecular weight is 381 g/mol. The molecular formula is C25H48O2. The molecule has 0 N–H and O–H groups in total. The molecule has 0 aromatic rings. The standard InChI is InChI=1S/C25H48O2/c1-6-9-10-11-12-13-14-18-21-25(8-3,22-19-16-15-17-20-22)27-23(26)24(4,5)7-2/h22H,6-21H2,1-5H3. The van der Waals surface area contributed by atoms with Gasteiger partial charge in [-0.05, 0) is 58.3 Å². The highest BCUT2D eigenvalue weighted by Gasteiger charge is 2.43. The van der Waals surface area contributed by atoms with Crippen LogP contribution in [-0.2, 0) is 9.53 Å². The molecule has 1 saturated carbocycles. The van der Waals surface area contributed by atoms with Crippen molar-refractivity contribution in [1.29, 1.82) is 0 Å². The zero-order chi connectivity index (χ0) is 20.2. The first kappa shape index (κ1) is 24.5. The third-order valence-corrected chi connectivity index (χ3v) is 7.13. The summed E-state index contributed by atoms with van der Waals surface area (Å²) in [5.74, 6) is 0.592. The van der Waals surface area contributed by atoms with Crippen LogP contribution in [-0.4, -0.2) is 11.6 Å². The maximum Gasteiger partial charge on any atom is 0.312 e. The normalized spacial score (nSPS) is 18.3. The molecule has 1 aliphatic carbocycles. The fourth-order valence-corrected chi connectivity index (χ4v) is 4.53. The van der Waals surface area contributed by atoms with Crippen LogP contribution in [0.5, 0.6) is 0 Å². The summed E-state index contributed by atoms with van der Waals surface area (Å²) in [7, 11) is 0. The summed E-state index contributed by atoms with van der Waals surface area (Å²) in [6.45, 7) is 10.7. The maximum absolute atomic E-state index is 12.9. The summed E-state index contributed by atoms with van der Waals surface area (Å²) < 4.78 is 6.40. The van der Waals surface area contributed by atoms with E-state index in [1.54, 1.807) is 0 Å². The first-order valence-corrected chi connectivity index (χ1v) is 12.1. The molecule has 1 fully saturated rings. The van der Waals surface area contributed by atoms with Gasteiger partial charge in [0.25, 0.3) is 0 Å². The molecule has 0 radical (unpaired) electrons. The molecule has 160 valence electrons. The zero-order valence-electron chi connectivity index (χ0n) is 19.2. The Morgan fingerprint density at radius 2 is 1.37 bits per heavy atom. The molecule has 1 rings (SSSR count). The summed E-state index contributed by atoms with van der Waals surface area (Å²) >= 11 is 0. The number of carbonyl (C=O) groups excluding carboxylic acids is 1. The van der Waals surface area contributed by atoms with E-state index < -0.39 is 0 Å². The van der Waals surface area contributed by atoms with Crippen molar-refractivity contribution in [3.63, 3.8) is 0 Å². The van der Waals surface area contributed by atoms with E-state index in [1.807, 2.05) is 13.8 Å². The van der Waals surface area contributed by atoms with Gasteiger partial charge in [0.1, 0.15) is 5.60 Å². The Kier molecular flexibility index (Phi) is 11.7. The van der Waals surface area contributed by atoms with Crippen molar-refractivity contribution in [2.24, 2.45) is 11.3 Å². The lowest BCUT2D eigenvalue weighted by atomic mass is 9.72. The number of hydrogen-bond acceptors (Lipinski definition) is 2. The highest BCUT2D eigenvalue weighted by molar-refractivity contribution is 5.76. The number of unbranched alkanes of at least 4 members (excludes halogenated alkanes) is 7. The van der Waals surface area contributed by atoms with Crippen molar-refractivity contribution in [3.05, 3.63) is 0 Å². The van der Waals surface area contributed by atoms with Crippen molar-refractivity contribution in [1.82, 2.24) is 0 Å². The molecule has 0 aliphatic heterocycles. The van der Waals surface area contributed by atoms with Gasteiger partial charge in [0, 0.05) is 0 Å². The number of esters is 1. The molecule has 0 spiro atoms. The molecule has 2 heteroatoms. The van der Waals surface area contributed by atoms with Crippen LogP contribution >= 0.6 is 0 Å². The van der Waals surface area contributed by atoms with E-state index in [2.05, 4.69) is 20.8 Å². The molecule has 27 heavy (non-hydrogen) atoms. The fraction of sp³-hybridized carbons (Fsp3) is 0.960. The SMILES string of the molecule is CCCCCCCCCCC(CC)(OC(=O)C(C)(C)CC)C1CCCCC1. The highest BCUT2D eigenvalue weighted by Crippen LogP contribution is 2.42. The topological polar surface area (TPSA) is 26.3 Å². The number of rotatable bonds is 14. The Labute approximate surface area is 170 Å². The van der Waals surface area contributed by atoms with Gasteiger partial charge in [-0.1, -0.05) is 85.0 Å². The van der Waals surface area contributed by atoms with E-state index in [0.29, 0.717) is 5.92 Å². The van der Waals surface area contributed by atoms with Crippen LogP contribution in [0.4, 0.5) is 0 Å². The molecule has 1 atom stereocenters. The molecule has 2 nitrogen and oxygen atoms in total. The van der Waals surface area contributed by atoms with E-state index in [0.717, 1.165) is 19.3 Å². The van der Waals surface area contributed by atoms with Crippen molar-refractivity contribution in [3.8, 4) is 0 Å². The van der Waals surface area contributed by atoms with Crippen LogP contribution in [0.1, 0.15) is 137 Å². The first-order chi connectivity index (χ1) is 12.9. The lowest BCUT2D eigenvalue weighted by molar-refractivity contribution is -0.181. The van der Waals surface area contributed by atoms with Crippen LogP contribution in [0, 0.1) is 11.3 Å². The van der Waals surface area contributed by atoms with E-state index in [-0.39, 0.29) is 17.0 Å².